The molecule has 1 rings (SSSR count). The van der Waals surface area contributed by atoms with E-state index in [1.54, 1.807) is 0 Å². The van der Waals surface area contributed by atoms with Gasteiger partial charge in [-0.2, -0.15) is 0 Å². The zero-order valence-corrected chi connectivity index (χ0v) is 10.5. The van der Waals surface area contributed by atoms with Gasteiger partial charge in [0.15, 0.2) is 0 Å². The number of nitrogens with zero attached hydrogens (tertiary/aromatic N) is 1. The Morgan fingerprint density at radius 1 is 1.47 bits per heavy atom. The van der Waals surface area contributed by atoms with Gasteiger partial charge in [-0.25, -0.2) is 0 Å². The average molecular weight is 212 g/mol. The predicted octanol–water partition coefficient (Wildman–Crippen LogP) is 1.63. The molecule has 0 spiro atoms. The lowest BCUT2D eigenvalue weighted by atomic mass is 9.94. The molecule has 1 atom stereocenters. The molecule has 3 heteroatoms. The lowest BCUT2D eigenvalue weighted by Gasteiger charge is -2.33. The van der Waals surface area contributed by atoms with Gasteiger partial charge in [0, 0.05) is 19.0 Å². The van der Waals surface area contributed by atoms with Crippen LogP contribution in [-0.2, 0) is 4.79 Å². The molecule has 0 radical (unpaired) electrons. The third-order valence-electron chi connectivity index (χ3n) is 3.24. The first kappa shape index (κ1) is 12.5. The maximum absolute atomic E-state index is 12.0. The molecule has 0 saturated carbocycles. The summed E-state index contributed by atoms with van der Waals surface area (Å²) in [6, 6.07) is 0. The molecular formula is C12H24N2O. The minimum absolute atomic E-state index is 0.0564. The molecule has 1 aliphatic heterocycles. The van der Waals surface area contributed by atoms with Gasteiger partial charge in [-0.3, -0.25) is 4.79 Å². The van der Waals surface area contributed by atoms with Crippen LogP contribution in [0.3, 0.4) is 0 Å². The predicted molar refractivity (Wildman–Crippen MR) is 62.7 cm³/mol. The minimum atomic E-state index is -0.0564. The third-order valence-corrected chi connectivity index (χ3v) is 3.24. The molecule has 1 heterocycles. The van der Waals surface area contributed by atoms with Crippen molar-refractivity contribution in [3.8, 4) is 0 Å². The SMILES string of the molecule is CN(C(=O)CC1CCCNC1)C(C)(C)C. The highest BCUT2D eigenvalue weighted by Gasteiger charge is 2.25. The molecule has 88 valence electrons. The van der Waals surface area contributed by atoms with E-state index in [1.165, 1.54) is 12.8 Å². The lowest BCUT2D eigenvalue weighted by Crippen LogP contribution is -2.44. The molecular weight excluding hydrogens is 188 g/mol. The Morgan fingerprint density at radius 2 is 2.13 bits per heavy atom. The van der Waals surface area contributed by atoms with Crippen LogP contribution < -0.4 is 5.32 Å². The van der Waals surface area contributed by atoms with Crippen LogP contribution >= 0.6 is 0 Å². The van der Waals surface area contributed by atoms with E-state index in [0.717, 1.165) is 13.1 Å². The van der Waals surface area contributed by atoms with Crippen LogP contribution in [0.5, 0.6) is 0 Å². The first-order chi connectivity index (χ1) is 6.91. The van der Waals surface area contributed by atoms with Gasteiger partial charge in [-0.1, -0.05) is 0 Å². The highest BCUT2D eigenvalue weighted by atomic mass is 16.2. The number of amides is 1. The molecule has 1 saturated heterocycles. The topological polar surface area (TPSA) is 32.3 Å². The van der Waals surface area contributed by atoms with Gasteiger partial charge in [0.2, 0.25) is 5.91 Å². The second-order valence-electron chi connectivity index (χ2n) is 5.54. The summed E-state index contributed by atoms with van der Waals surface area (Å²) >= 11 is 0. The van der Waals surface area contributed by atoms with E-state index >= 15 is 0 Å². The van der Waals surface area contributed by atoms with Crippen LogP contribution in [0.4, 0.5) is 0 Å². The standard InChI is InChI=1S/C12H24N2O/c1-12(2,3)14(4)11(15)8-10-6-5-7-13-9-10/h10,13H,5-9H2,1-4H3. The molecule has 0 aliphatic carbocycles. The second kappa shape index (κ2) is 4.97. The van der Waals surface area contributed by atoms with Crippen molar-refractivity contribution in [2.45, 2.75) is 45.6 Å². The highest BCUT2D eigenvalue weighted by Crippen LogP contribution is 2.18. The van der Waals surface area contributed by atoms with Crippen molar-refractivity contribution in [3.63, 3.8) is 0 Å². The second-order valence-corrected chi connectivity index (χ2v) is 5.54. The number of carbonyl (C=O) groups excluding carboxylic acids is 1. The van der Waals surface area contributed by atoms with E-state index in [0.29, 0.717) is 12.3 Å². The van der Waals surface area contributed by atoms with Crippen LogP contribution in [-0.4, -0.2) is 36.5 Å². The highest BCUT2D eigenvalue weighted by molar-refractivity contribution is 5.76. The van der Waals surface area contributed by atoms with Crippen molar-refractivity contribution in [2.75, 3.05) is 20.1 Å². The van der Waals surface area contributed by atoms with Crippen LogP contribution in [0.15, 0.2) is 0 Å². The molecule has 0 aromatic carbocycles. The third kappa shape index (κ3) is 3.82. The first-order valence-corrected chi connectivity index (χ1v) is 5.88. The van der Waals surface area contributed by atoms with Crippen LogP contribution in [0.1, 0.15) is 40.0 Å². The number of piperidine rings is 1. The zero-order chi connectivity index (χ0) is 11.5. The summed E-state index contributed by atoms with van der Waals surface area (Å²) in [6.07, 6.45) is 3.09. The monoisotopic (exact) mass is 212 g/mol. The Bertz CT molecular complexity index is 214. The van der Waals surface area contributed by atoms with E-state index < -0.39 is 0 Å². The largest absolute Gasteiger partial charge is 0.341 e. The summed E-state index contributed by atoms with van der Waals surface area (Å²) in [5, 5.41) is 3.35. The van der Waals surface area contributed by atoms with Gasteiger partial charge in [-0.15, -0.1) is 0 Å². The Balaban J connectivity index is 2.40. The van der Waals surface area contributed by atoms with Gasteiger partial charge < -0.3 is 10.2 Å². The number of carbonyl (C=O) groups is 1. The van der Waals surface area contributed by atoms with Crippen molar-refractivity contribution in [1.82, 2.24) is 10.2 Å². The smallest absolute Gasteiger partial charge is 0.223 e. The van der Waals surface area contributed by atoms with Crippen molar-refractivity contribution in [3.05, 3.63) is 0 Å². The van der Waals surface area contributed by atoms with Gasteiger partial charge in [0.25, 0.3) is 0 Å². The summed E-state index contributed by atoms with van der Waals surface area (Å²) in [7, 11) is 1.90. The normalized spacial score (nSPS) is 22.5. The van der Waals surface area contributed by atoms with Gasteiger partial charge in [0.1, 0.15) is 0 Å². The molecule has 3 nitrogen and oxygen atoms in total. The lowest BCUT2D eigenvalue weighted by molar-refractivity contribution is -0.135. The molecule has 0 aromatic rings. The minimum Gasteiger partial charge on any atom is -0.341 e. The van der Waals surface area contributed by atoms with Crippen LogP contribution in [0, 0.1) is 5.92 Å². The summed E-state index contributed by atoms with van der Waals surface area (Å²) in [6.45, 7) is 8.33. The molecule has 0 bridgehead atoms. The van der Waals surface area contributed by atoms with Crippen molar-refractivity contribution < 1.29 is 4.79 Å². The molecule has 1 N–H and O–H groups in total. The van der Waals surface area contributed by atoms with E-state index in [2.05, 4.69) is 26.1 Å². The van der Waals surface area contributed by atoms with E-state index in [9.17, 15) is 4.79 Å². The quantitative estimate of drug-likeness (QED) is 0.754. The Kier molecular flexibility index (Phi) is 4.14. The Hall–Kier alpha value is -0.570. The van der Waals surface area contributed by atoms with E-state index in [-0.39, 0.29) is 11.4 Å². The van der Waals surface area contributed by atoms with E-state index in [1.807, 2.05) is 11.9 Å². The summed E-state index contributed by atoms with van der Waals surface area (Å²) in [5.41, 5.74) is -0.0564. The molecule has 1 aliphatic rings. The summed E-state index contributed by atoms with van der Waals surface area (Å²) in [4.78, 5) is 13.8. The fourth-order valence-corrected chi connectivity index (χ4v) is 1.86. The van der Waals surface area contributed by atoms with Gasteiger partial charge in [-0.05, 0) is 52.6 Å². The number of hydrogen-bond donors (Lipinski definition) is 1. The molecule has 0 aromatic heterocycles. The Morgan fingerprint density at radius 3 is 2.60 bits per heavy atom. The fourth-order valence-electron chi connectivity index (χ4n) is 1.86. The maximum Gasteiger partial charge on any atom is 0.223 e. The number of rotatable bonds is 2. The van der Waals surface area contributed by atoms with E-state index in [4.69, 9.17) is 0 Å². The fraction of sp³-hybridized carbons (Fsp3) is 0.917. The Labute approximate surface area is 93.2 Å². The molecule has 1 fully saturated rings. The van der Waals surface area contributed by atoms with Gasteiger partial charge in [0.05, 0.1) is 0 Å². The summed E-state index contributed by atoms with van der Waals surface area (Å²) < 4.78 is 0. The average Bonchev–Trinajstić information content (AvgIpc) is 2.16. The number of nitrogens with one attached hydrogen (secondary N) is 1. The number of hydrogen-bond acceptors (Lipinski definition) is 2. The molecule has 1 amide bonds. The van der Waals surface area contributed by atoms with Crippen molar-refractivity contribution >= 4 is 5.91 Å². The molecule has 1 unspecified atom stereocenters. The molecule has 15 heavy (non-hydrogen) atoms. The summed E-state index contributed by atoms with van der Waals surface area (Å²) in [5.74, 6) is 0.812. The van der Waals surface area contributed by atoms with Crippen LogP contribution in [0.25, 0.3) is 0 Å². The van der Waals surface area contributed by atoms with Gasteiger partial charge >= 0.3 is 0 Å². The maximum atomic E-state index is 12.0. The van der Waals surface area contributed by atoms with Crippen molar-refractivity contribution in [2.24, 2.45) is 5.92 Å². The zero-order valence-electron chi connectivity index (χ0n) is 10.5. The van der Waals surface area contributed by atoms with Crippen LogP contribution in [0.2, 0.25) is 0 Å². The first-order valence-electron chi connectivity index (χ1n) is 5.88. The van der Waals surface area contributed by atoms with Crippen molar-refractivity contribution in [1.29, 1.82) is 0 Å².